The first kappa shape index (κ1) is 28.8. The molecule has 1 saturated heterocycles. The molecule has 1 aromatic carbocycles. The van der Waals surface area contributed by atoms with E-state index in [1.54, 1.807) is 59.8 Å². The predicted octanol–water partition coefficient (Wildman–Crippen LogP) is 6.19. The fourth-order valence-corrected chi connectivity index (χ4v) is 4.70. The molecule has 1 aliphatic heterocycles. The molecule has 0 unspecified atom stereocenters. The molecule has 40 heavy (non-hydrogen) atoms. The zero-order valence-electron chi connectivity index (χ0n) is 24.3. The highest BCUT2D eigenvalue weighted by Crippen LogP contribution is 2.39. The number of carbonyl (C=O) groups excluding carboxylic acids is 3. The van der Waals surface area contributed by atoms with Crippen LogP contribution in [0.3, 0.4) is 0 Å². The van der Waals surface area contributed by atoms with Crippen molar-refractivity contribution < 1.29 is 23.9 Å². The number of likely N-dealkylation sites (tertiary alicyclic amines) is 1. The van der Waals surface area contributed by atoms with Crippen LogP contribution in [0.1, 0.15) is 70.4 Å². The summed E-state index contributed by atoms with van der Waals surface area (Å²) in [5, 5.41) is 0.440. The van der Waals surface area contributed by atoms with Gasteiger partial charge in [0.15, 0.2) is 5.82 Å². The molecule has 10 heteroatoms. The van der Waals surface area contributed by atoms with Gasteiger partial charge < -0.3 is 18.9 Å². The van der Waals surface area contributed by atoms with E-state index < -0.39 is 23.4 Å². The Balaban J connectivity index is 1.90. The molecule has 0 radical (unpaired) electrons. The molecular weight excluding hydrogens is 510 g/mol. The molecule has 3 amide bonds. The van der Waals surface area contributed by atoms with Crippen molar-refractivity contribution in [2.24, 2.45) is 7.05 Å². The maximum atomic E-state index is 13.5. The van der Waals surface area contributed by atoms with Crippen molar-refractivity contribution in [1.82, 2.24) is 19.4 Å². The van der Waals surface area contributed by atoms with Crippen molar-refractivity contribution in [3.8, 4) is 11.1 Å². The highest BCUT2D eigenvalue weighted by Gasteiger charge is 2.36. The number of anilines is 1. The van der Waals surface area contributed by atoms with Gasteiger partial charge in [0, 0.05) is 31.3 Å². The van der Waals surface area contributed by atoms with Gasteiger partial charge in [0.1, 0.15) is 23.2 Å². The second-order valence-electron chi connectivity index (χ2n) is 11.8. The van der Waals surface area contributed by atoms with Crippen LogP contribution in [0.4, 0.5) is 15.4 Å². The standard InChI is InChI=1S/C30H37N5O5/c1-9-21-22(19-12-14-20(15-13-19)26(36)34-16-10-11-17-34)23-24(33(21)8)31-18-32-25(23)35(27(37)39-29(2,3)4)28(38)40-30(5,6)7/h9,12-15,18H,1,10-11,16-17H2,2-8H3. The van der Waals surface area contributed by atoms with Crippen LogP contribution < -0.4 is 4.90 Å². The Bertz CT molecular complexity index is 1430. The number of aromatic nitrogens is 3. The summed E-state index contributed by atoms with van der Waals surface area (Å²) in [6, 6.07) is 7.25. The molecule has 212 valence electrons. The zero-order valence-corrected chi connectivity index (χ0v) is 24.3. The summed E-state index contributed by atoms with van der Waals surface area (Å²) in [7, 11) is 1.82. The van der Waals surface area contributed by atoms with E-state index in [9.17, 15) is 14.4 Å². The lowest BCUT2D eigenvalue weighted by atomic mass is 10.0. The van der Waals surface area contributed by atoms with Crippen LogP contribution in [0.5, 0.6) is 0 Å². The van der Waals surface area contributed by atoms with Gasteiger partial charge in [-0.2, -0.15) is 4.90 Å². The molecule has 10 nitrogen and oxygen atoms in total. The van der Waals surface area contributed by atoms with Gasteiger partial charge in [-0.3, -0.25) is 4.79 Å². The van der Waals surface area contributed by atoms with Crippen molar-refractivity contribution in [3.05, 3.63) is 48.4 Å². The Morgan fingerprint density at radius 1 is 0.925 bits per heavy atom. The first-order chi connectivity index (χ1) is 18.7. The van der Waals surface area contributed by atoms with Crippen LogP contribution >= 0.6 is 0 Å². The summed E-state index contributed by atoms with van der Waals surface area (Å²) >= 11 is 0. The van der Waals surface area contributed by atoms with Gasteiger partial charge in [0.25, 0.3) is 5.91 Å². The second kappa shape index (κ2) is 10.7. The molecule has 0 N–H and O–H groups in total. The van der Waals surface area contributed by atoms with E-state index in [1.807, 2.05) is 28.6 Å². The molecule has 1 aliphatic rings. The topological polar surface area (TPSA) is 107 Å². The van der Waals surface area contributed by atoms with E-state index in [0.29, 0.717) is 27.9 Å². The zero-order chi connectivity index (χ0) is 29.4. The summed E-state index contributed by atoms with van der Waals surface area (Å²) < 4.78 is 13.0. The molecule has 4 rings (SSSR count). The number of fused-ring (bicyclic) bond motifs is 1. The maximum Gasteiger partial charge on any atom is 0.425 e. The number of hydrogen-bond acceptors (Lipinski definition) is 7. The van der Waals surface area contributed by atoms with Crippen molar-refractivity contribution in [2.75, 3.05) is 18.0 Å². The molecule has 0 spiro atoms. The molecule has 0 saturated carbocycles. The number of carbonyl (C=O) groups is 3. The van der Waals surface area contributed by atoms with Gasteiger partial charge in [-0.25, -0.2) is 19.6 Å². The average molecular weight is 548 g/mol. The number of hydrogen-bond donors (Lipinski definition) is 0. The fraction of sp³-hybridized carbons (Fsp3) is 0.433. The number of ether oxygens (including phenoxy) is 2. The van der Waals surface area contributed by atoms with Gasteiger partial charge in [-0.05, 0) is 78.2 Å². The Morgan fingerprint density at radius 2 is 1.48 bits per heavy atom. The third-order valence-electron chi connectivity index (χ3n) is 6.36. The largest absolute Gasteiger partial charge is 0.443 e. The number of aryl methyl sites for hydroxylation is 1. The molecular formula is C30H37N5O5. The van der Waals surface area contributed by atoms with Crippen molar-refractivity contribution in [3.63, 3.8) is 0 Å². The molecule has 3 heterocycles. The van der Waals surface area contributed by atoms with Crippen LogP contribution in [0.25, 0.3) is 28.2 Å². The number of benzene rings is 1. The minimum Gasteiger partial charge on any atom is -0.443 e. The third-order valence-corrected chi connectivity index (χ3v) is 6.36. The lowest BCUT2D eigenvalue weighted by Gasteiger charge is -2.28. The number of imide groups is 1. The minimum atomic E-state index is -0.928. The molecule has 0 atom stereocenters. The van der Waals surface area contributed by atoms with E-state index in [2.05, 4.69) is 16.5 Å². The lowest BCUT2D eigenvalue weighted by molar-refractivity contribution is 0.0429. The second-order valence-corrected chi connectivity index (χ2v) is 11.8. The van der Waals surface area contributed by atoms with E-state index in [4.69, 9.17) is 9.47 Å². The Hall–Kier alpha value is -4.21. The van der Waals surface area contributed by atoms with E-state index in [-0.39, 0.29) is 11.7 Å². The fourth-order valence-electron chi connectivity index (χ4n) is 4.70. The van der Waals surface area contributed by atoms with Gasteiger partial charge in [0.05, 0.1) is 11.1 Å². The number of nitrogens with zero attached hydrogens (tertiary/aromatic N) is 5. The smallest absolute Gasteiger partial charge is 0.425 e. The highest BCUT2D eigenvalue weighted by molar-refractivity contribution is 6.17. The SMILES string of the molecule is C=Cc1c(-c2ccc(C(=O)N3CCCC3)cc2)c2c(N(C(=O)OC(C)(C)C)C(=O)OC(C)(C)C)ncnc2n1C. The molecule has 2 aromatic heterocycles. The van der Waals surface area contributed by atoms with Gasteiger partial charge >= 0.3 is 12.2 Å². The summed E-state index contributed by atoms with van der Waals surface area (Å²) in [5.41, 5.74) is 1.39. The molecule has 1 fully saturated rings. The quantitative estimate of drug-likeness (QED) is 0.383. The monoisotopic (exact) mass is 547 g/mol. The van der Waals surface area contributed by atoms with E-state index >= 15 is 0 Å². The normalized spacial score (nSPS) is 13.8. The van der Waals surface area contributed by atoms with Crippen LogP contribution in [0.15, 0.2) is 37.2 Å². The van der Waals surface area contributed by atoms with E-state index in [0.717, 1.165) is 36.4 Å². The first-order valence-electron chi connectivity index (χ1n) is 13.3. The van der Waals surface area contributed by atoms with Gasteiger partial charge in [0.2, 0.25) is 0 Å². The van der Waals surface area contributed by atoms with Crippen molar-refractivity contribution in [1.29, 1.82) is 0 Å². The van der Waals surface area contributed by atoms with E-state index in [1.165, 1.54) is 6.33 Å². The molecule has 0 bridgehead atoms. The Kier molecular flexibility index (Phi) is 7.74. The van der Waals surface area contributed by atoms with Crippen molar-refractivity contribution in [2.45, 2.75) is 65.6 Å². The van der Waals surface area contributed by atoms with Crippen LogP contribution in [-0.2, 0) is 16.5 Å². The molecule has 3 aromatic rings. The Labute approximate surface area is 234 Å². The lowest BCUT2D eigenvalue weighted by Crippen LogP contribution is -2.44. The van der Waals surface area contributed by atoms with Gasteiger partial charge in [-0.1, -0.05) is 18.7 Å². The predicted molar refractivity (Wildman–Crippen MR) is 154 cm³/mol. The van der Waals surface area contributed by atoms with Gasteiger partial charge in [-0.15, -0.1) is 0 Å². The minimum absolute atomic E-state index is 0.00374. The third kappa shape index (κ3) is 5.85. The van der Waals surface area contributed by atoms with Crippen LogP contribution in [-0.4, -0.2) is 61.8 Å². The summed E-state index contributed by atoms with van der Waals surface area (Å²) in [6.07, 6.45) is 3.13. The van der Waals surface area contributed by atoms with Crippen LogP contribution in [0, 0.1) is 0 Å². The summed E-state index contributed by atoms with van der Waals surface area (Å²) in [4.78, 5) is 51.4. The average Bonchev–Trinajstić information content (AvgIpc) is 3.49. The maximum absolute atomic E-state index is 13.5. The summed E-state index contributed by atoms with van der Waals surface area (Å²) in [6.45, 7) is 15.8. The molecule has 0 aliphatic carbocycles. The van der Waals surface area contributed by atoms with Crippen LogP contribution in [0.2, 0.25) is 0 Å². The highest BCUT2D eigenvalue weighted by atomic mass is 16.6. The number of rotatable bonds is 4. The number of amides is 3. The Morgan fingerprint density at radius 3 is 1.98 bits per heavy atom. The first-order valence-corrected chi connectivity index (χ1v) is 13.3. The van der Waals surface area contributed by atoms with Crippen molar-refractivity contribution >= 4 is 41.0 Å². The summed E-state index contributed by atoms with van der Waals surface area (Å²) in [5.74, 6) is 0.0142.